The Kier molecular flexibility index (Phi) is 3.58. The molecule has 0 aromatic heterocycles. The zero-order valence-electron chi connectivity index (χ0n) is 10.3. The predicted molar refractivity (Wildman–Crippen MR) is 63.4 cm³/mol. The molecule has 1 nitrogen and oxygen atoms in total. The van der Waals surface area contributed by atoms with Crippen LogP contribution >= 0.6 is 0 Å². The van der Waals surface area contributed by atoms with E-state index < -0.39 is 6.17 Å². The molecule has 0 amide bonds. The molecule has 1 fully saturated rings. The number of hydrogen-bond acceptors (Lipinski definition) is 1. The van der Waals surface area contributed by atoms with Crippen LogP contribution in [0.1, 0.15) is 33.6 Å². The second-order valence-corrected chi connectivity index (χ2v) is 5.28. The Morgan fingerprint density at radius 2 is 2.13 bits per heavy atom. The summed E-state index contributed by atoms with van der Waals surface area (Å²) in [7, 11) is 1.97. The number of allylic oxidation sites excluding steroid dienone is 3. The Morgan fingerprint density at radius 3 is 2.53 bits per heavy atom. The summed E-state index contributed by atoms with van der Waals surface area (Å²) in [6.07, 6.45) is 2.57. The first-order valence-electron chi connectivity index (χ1n) is 5.60. The van der Waals surface area contributed by atoms with Gasteiger partial charge in [-0.3, -0.25) is 0 Å². The van der Waals surface area contributed by atoms with Crippen molar-refractivity contribution in [3.8, 4) is 0 Å². The Bertz CT molecular complexity index is 261. The topological polar surface area (TPSA) is 3.24 Å². The number of likely N-dealkylation sites (tertiary alicyclic amines) is 1. The van der Waals surface area contributed by atoms with Gasteiger partial charge in [0.05, 0.1) is 5.70 Å². The summed E-state index contributed by atoms with van der Waals surface area (Å²) in [6.45, 7) is 11.1. The molecule has 0 radical (unpaired) electrons. The third kappa shape index (κ3) is 2.61. The van der Waals surface area contributed by atoms with Crippen LogP contribution in [-0.2, 0) is 0 Å². The number of hydrogen-bond donors (Lipinski definition) is 0. The van der Waals surface area contributed by atoms with E-state index in [1.54, 1.807) is 0 Å². The first kappa shape index (κ1) is 12.3. The number of alkyl halides is 1. The van der Waals surface area contributed by atoms with Gasteiger partial charge in [-0.25, -0.2) is 4.39 Å². The quantitative estimate of drug-likeness (QED) is 0.641. The van der Waals surface area contributed by atoms with Gasteiger partial charge in [0.2, 0.25) is 0 Å². The normalized spacial score (nSPS) is 26.5. The average Bonchev–Trinajstić information content (AvgIpc) is 2.09. The minimum atomic E-state index is -0.823. The Hall–Kier alpha value is -0.790. The fourth-order valence-electron chi connectivity index (χ4n) is 2.17. The van der Waals surface area contributed by atoms with Gasteiger partial charge in [0, 0.05) is 13.6 Å². The molecule has 86 valence electrons. The van der Waals surface area contributed by atoms with Crippen molar-refractivity contribution in [2.75, 3.05) is 13.6 Å². The van der Waals surface area contributed by atoms with E-state index in [-0.39, 0.29) is 5.41 Å². The third-order valence-corrected chi connectivity index (χ3v) is 2.95. The summed E-state index contributed by atoms with van der Waals surface area (Å²) in [5.41, 5.74) is 1.84. The standard InChI is InChI=1S/C13H22FN/c1-6-10(13(2,3)4)12-11(14)8-7-9-15(12)5/h6,11H,1,7-9H2,2-5H3/b12-10+. The van der Waals surface area contributed by atoms with Crippen molar-refractivity contribution in [3.05, 3.63) is 23.9 Å². The average molecular weight is 211 g/mol. The SMILES string of the molecule is C=C/C(=C1/C(F)CCCN1C)C(C)(C)C. The van der Waals surface area contributed by atoms with E-state index in [2.05, 4.69) is 27.4 Å². The molecule has 0 bridgehead atoms. The van der Waals surface area contributed by atoms with Gasteiger partial charge in [-0.1, -0.05) is 33.4 Å². The number of rotatable bonds is 1. The zero-order chi connectivity index (χ0) is 11.6. The molecule has 1 atom stereocenters. The largest absolute Gasteiger partial charge is 0.375 e. The van der Waals surface area contributed by atoms with E-state index in [0.29, 0.717) is 6.42 Å². The van der Waals surface area contributed by atoms with Crippen LogP contribution in [0.15, 0.2) is 23.9 Å². The maximum atomic E-state index is 13.9. The molecule has 0 aliphatic carbocycles. The van der Waals surface area contributed by atoms with Gasteiger partial charge in [0.25, 0.3) is 0 Å². The third-order valence-electron chi connectivity index (χ3n) is 2.95. The van der Waals surface area contributed by atoms with Crippen LogP contribution in [0.5, 0.6) is 0 Å². The fourth-order valence-corrected chi connectivity index (χ4v) is 2.17. The van der Waals surface area contributed by atoms with Crippen molar-refractivity contribution in [1.29, 1.82) is 0 Å². The van der Waals surface area contributed by atoms with Crippen LogP contribution in [0.3, 0.4) is 0 Å². The molecule has 1 heterocycles. The van der Waals surface area contributed by atoms with Crippen LogP contribution in [0, 0.1) is 5.41 Å². The second-order valence-electron chi connectivity index (χ2n) is 5.28. The molecule has 1 unspecified atom stereocenters. The minimum absolute atomic E-state index is 0.0347. The molecule has 0 saturated carbocycles. The first-order chi connectivity index (χ1) is 6.88. The molecule has 15 heavy (non-hydrogen) atoms. The van der Waals surface area contributed by atoms with Crippen molar-refractivity contribution in [3.63, 3.8) is 0 Å². The molecule has 0 spiro atoms. The summed E-state index contributed by atoms with van der Waals surface area (Å²) in [4.78, 5) is 2.04. The highest BCUT2D eigenvalue weighted by molar-refractivity contribution is 5.31. The van der Waals surface area contributed by atoms with Gasteiger partial charge in [-0.15, -0.1) is 0 Å². The van der Waals surface area contributed by atoms with Gasteiger partial charge in [-0.2, -0.15) is 0 Å². The number of piperidine rings is 1. The molecule has 2 heteroatoms. The summed E-state index contributed by atoms with van der Waals surface area (Å²) in [5.74, 6) is 0. The van der Waals surface area contributed by atoms with E-state index >= 15 is 0 Å². The first-order valence-corrected chi connectivity index (χ1v) is 5.60. The van der Waals surface area contributed by atoms with Gasteiger partial charge < -0.3 is 4.90 Å². The van der Waals surface area contributed by atoms with Crippen molar-refractivity contribution in [1.82, 2.24) is 4.90 Å². The molecule has 0 aromatic rings. The lowest BCUT2D eigenvalue weighted by molar-refractivity contribution is 0.215. The van der Waals surface area contributed by atoms with Gasteiger partial charge >= 0.3 is 0 Å². The fraction of sp³-hybridized carbons (Fsp3) is 0.692. The summed E-state index contributed by atoms with van der Waals surface area (Å²) in [6, 6.07) is 0. The van der Waals surface area contributed by atoms with Gasteiger partial charge in [-0.05, 0) is 23.8 Å². The smallest absolute Gasteiger partial charge is 0.140 e. The van der Waals surface area contributed by atoms with Crippen LogP contribution in [0.4, 0.5) is 4.39 Å². The Morgan fingerprint density at radius 1 is 1.53 bits per heavy atom. The lowest BCUT2D eigenvalue weighted by atomic mass is 9.82. The van der Waals surface area contributed by atoms with Crippen LogP contribution in [-0.4, -0.2) is 24.7 Å². The van der Waals surface area contributed by atoms with E-state index in [0.717, 1.165) is 24.2 Å². The summed E-state index contributed by atoms with van der Waals surface area (Å²) < 4.78 is 13.9. The van der Waals surface area contributed by atoms with Crippen molar-refractivity contribution < 1.29 is 4.39 Å². The minimum Gasteiger partial charge on any atom is -0.375 e. The van der Waals surface area contributed by atoms with E-state index in [4.69, 9.17) is 0 Å². The Balaban J connectivity index is 3.16. The molecule has 1 saturated heterocycles. The highest BCUT2D eigenvalue weighted by Crippen LogP contribution is 2.35. The highest BCUT2D eigenvalue weighted by atomic mass is 19.1. The monoisotopic (exact) mass is 211 g/mol. The molecule has 0 N–H and O–H groups in total. The van der Waals surface area contributed by atoms with Gasteiger partial charge in [0.1, 0.15) is 6.17 Å². The lowest BCUT2D eigenvalue weighted by Crippen LogP contribution is -2.34. The van der Waals surface area contributed by atoms with Gasteiger partial charge in [0.15, 0.2) is 0 Å². The second kappa shape index (κ2) is 4.38. The molecular weight excluding hydrogens is 189 g/mol. The van der Waals surface area contributed by atoms with Crippen LogP contribution in [0.25, 0.3) is 0 Å². The molecular formula is C13H22FN. The van der Waals surface area contributed by atoms with Crippen LogP contribution < -0.4 is 0 Å². The van der Waals surface area contributed by atoms with Crippen molar-refractivity contribution in [2.24, 2.45) is 5.41 Å². The maximum Gasteiger partial charge on any atom is 0.140 e. The zero-order valence-corrected chi connectivity index (χ0v) is 10.3. The Labute approximate surface area is 92.7 Å². The highest BCUT2D eigenvalue weighted by Gasteiger charge is 2.29. The lowest BCUT2D eigenvalue weighted by Gasteiger charge is -2.35. The van der Waals surface area contributed by atoms with E-state index in [1.807, 2.05) is 18.0 Å². The predicted octanol–water partition coefficient (Wildman–Crippen LogP) is 3.54. The van der Waals surface area contributed by atoms with Crippen molar-refractivity contribution >= 4 is 0 Å². The molecule has 0 aromatic carbocycles. The number of halogens is 1. The molecule has 1 aliphatic rings. The molecule has 1 aliphatic heterocycles. The maximum absolute atomic E-state index is 13.9. The molecule has 1 rings (SSSR count). The summed E-state index contributed by atoms with van der Waals surface area (Å²) in [5, 5.41) is 0. The van der Waals surface area contributed by atoms with E-state index in [9.17, 15) is 4.39 Å². The van der Waals surface area contributed by atoms with Crippen LogP contribution in [0.2, 0.25) is 0 Å². The van der Waals surface area contributed by atoms with Crippen molar-refractivity contribution in [2.45, 2.75) is 39.8 Å². The summed E-state index contributed by atoms with van der Waals surface area (Å²) >= 11 is 0. The number of nitrogens with zero attached hydrogens (tertiary/aromatic N) is 1. The van der Waals surface area contributed by atoms with E-state index in [1.165, 1.54) is 0 Å².